The van der Waals surface area contributed by atoms with Gasteiger partial charge in [-0.2, -0.15) is 15.1 Å². The smallest absolute Gasteiger partial charge is 0.261 e. The van der Waals surface area contributed by atoms with Crippen LogP contribution in [-0.4, -0.2) is 50.3 Å². The van der Waals surface area contributed by atoms with Crippen LogP contribution >= 0.6 is 0 Å². The number of hydrogen-bond acceptors (Lipinski definition) is 7. The van der Waals surface area contributed by atoms with E-state index in [1.54, 1.807) is 0 Å². The average Bonchev–Trinajstić information content (AvgIpc) is 3.54. The van der Waals surface area contributed by atoms with Gasteiger partial charge >= 0.3 is 0 Å². The van der Waals surface area contributed by atoms with Crippen molar-refractivity contribution in [2.45, 2.75) is 76.0 Å². The molecule has 0 bridgehead atoms. The molecule has 2 atom stereocenters. The van der Waals surface area contributed by atoms with E-state index in [2.05, 4.69) is 142 Å². The fourth-order valence-electron chi connectivity index (χ4n) is 7.68. The molecule has 0 aliphatic heterocycles. The fraction of sp³-hybridized carbons (Fsp3) is 0.333. The maximum Gasteiger partial charge on any atom is 0.261 e. The van der Waals surface area contributed by atoms with Crippen molar-refractivity contribution >= 4 is 41.6 Å². The van der Waals surface area contributed by atoms with Crippen molar-refractivity contribution in [3.05, 3.63) is 120 Å². The second-order valence-electron chi connectivity index (χ2n) is 14.7. The second-order valence-corrected chi connectivity index (χ2v) is 19.0. The highest BCUT2D eigenvalue weighted by atomic mass is 28.4. The Hall–Kier alpha value is -4.80. The highest BCUT2D eigenvalue weighted by molar-refractivity contribution is 6.99. The maximum atomic E-state index is 7.49. The topological polar surface area (TPSA) is 109 Å². The summed E-state index contributed by atoms with van der Waals surface area (Å²) in [7, 11) is -2.72. The van der Waals surface area contributed by atoms with Gasteiger partial charge in [0.25, 0.3) is 8.32 Å². The Morgan fingerprint density at radius 1 is 0.878 bits per heavy atom. The van der Waals surface area contributed by atoms with Crippen molar-refractivity contribution in [1.82, 2.24) is 29.3 Å². The first kappa shape index (κ1) is 31.5. The van der Waals surface area contributed by atoms with Gasteiger partial charge in [0.2, 0.25) is 5.95 Å². The molecular weight excluding hydrogens is 625 g/mol. The van der Waals surface area contributed by atoms with Crippen molar-refractivity contribution in [2.24, 2.45) is 0 Å². The second kappa shape index (κ2) is 12.6. The van der Waals surface area contributed by atoms with Crippen LogP contribution in [0.4, 0.5) is 11.8 Å². The van der Waals surface area contributed by atoms with Crippen LogP contribution in [0, 0.1) is 0 Å². The summed E-state index contributed by atoms with van der Waals surface area (Å²) in [4.78, 5) is 13.9. The molecule has 0 amide bonds. The zero-order valence-corrected chi connectivity index (χ0v) is 29.5. The molecule has 3 aromatic heterocycles. The molecule has 8 rings (SSSR count). The van der Waals surface area contributed by atoms with Gasteiger partial charge < -0.3 is 20.0 Å². The number of anilines is 2. The van der Waals surface area contributed by atoms with E-state index in [0.717, 1.165) is 55.0 Å². The zero-order valence-electron chi connectivity index (χ0n) is 28.5. The molecule has 2 aliphatic carbocycles. The average molecular weight is 669 g/mol. The van der Waals surface area contributed by atoms with E-state index in [-0.39, 0.29) is 22.8 Å². The van der Waals surface area contributed by atoms with Gasteiger partial charge in [0.05, 0.1) is 18.6 Å². The quantitative estimate of drug-likeness (QED) is 0.161. The summed E-state index contributed by atoms with van der Waals surface area (Å²) >= 11 is 0. The number of nitrogens with two attached hydrogens (primary N) is 1. The molecule has 2 aliphatic rings. The molecule has 0 unspecified atom stereocenters. The minimum absolute atomic E-state index is 0.106. The summed E-state index contributed by atoms with van der Waals surface area (Å²) in [6.45, 7) is 9.03. The number of imidazole rings is 1. The molecule has 1 fully saturated rings. The molecule has 6 aromatic rings. The van der Waals surface area contributed by atoms with Gasteiger partial charge in [-0.1, -0.05) is 112 Å². The number of benzene rings is 3. The molecule has 10 heteroatoms. The lowest BCUT2D eigenvalue weighted by atomic mass is 10.0. The van der Waals surface area contributed by atoms with Gasteiger partial charge in [-0.3, -0.25) is 4.68 Å². The molecule has 3 heterocycles. The van der Waals surface area contributed by atoms with E-state index in [0.29, 0.717) is 12.6 Å². The summed E-state index contributed by atoms with van der Waals surface area (Å²) in [6, 6.07) is 32.7. The monoisotopic (exact) mass is 668 g/mol. The minimum Gasteiger partial charge on any atom is -0.407 e. The summed E-state index contributed by atoms with van der Waals surface area (Å²) in [5.74, 6) is 1.33. The Labute approximate surface area is 288 Å². The first-order valence-electron chi connectivity index (χ1n) is 17.4. The Kier molecular flexibility index (Phi) is 8.08. The molecule has 0 saturated heterocycles. The van der Waals surface area contributed by atoms with E-state index in [9.17, 15) is 0 Å². The number of aromatic nitrogens is 6. The van der Waals surface area contributed by atoms with Gasteiger partial charge in [0, 0.05) is 37.2 Å². The molecule has 3 aromatic carbocycles. The van der Waals surface area contributed by atoms with Crippen LogP contribution < -0.4 is 21.4 Å². The largest absolute Gasteiger partial charge is 0.407 e. The molecule has 1 saturated carbocycles. The third-order valence-corrected chi connectivity index (χ3v) is 15.1. The first-order chi connectivity index (χ1) is 23.8. The summed E-state index contributed by atoms with van der Waals surface area (Å²) in [5.41, 5.74) is 11.4. The minimum atomic E-state index is -2.72. The predicted octanol–water partition coefficient (Wildman–Crippen LogP) is 6.08. The fourth-order valence-corrected chi connectivity index (χ4v) is 12.3. The SMILES string of the molecule is CC(C)(C)[Si](OC[C@H]1C[C@@H](Cn2cnc3c(NC4CC4)nc(N)nc32)c2cn(Cc3ccccc3)nc21)(c1ccccc1)c1ccccc1. The normalized spacial score (nSPS) is 17.8. The molecular formula is C39H44N8OSi. The molecule has 49 heavy (non-hydrogen) atoms. The van der Waals surface area contributed by atoms with Gasteiger partial charge in [-0.15, -0.1) is 0 Å². The number of nitrogens with zero attached hydrogens (tertiary/aromatic N) is 6. The number of rotatable bonds is 11. The lowest BCUT2D eigenvalue weighted by Crippen LogP contribution is -2.66. The molecule has 250 valence electrons. The van der Waals surface area contributed by atoms with Crippen molar-refractivity contribution < 1.29 is 4.43 Å². The number of nitrogens with one attached hydrogen (secondary N) is 1. The summed E-state index contributed by atoms with van der Waals surface area (Å²) in [6.07, 6.45) is 7.34. The Bertz CT molecular complexity index is 2010. The molecule has 0 spiro atoms. The van der Waals surface area contributed by atoms with E-state index in [1.165, 1.54) is 21.5 Å². The van der Waals surface area contributed by atoms with E-state index >= 15 is 0 Å². The van der Waals surface area contributed by atoms with Crippen molar-refractivity contribution in [2.75, 3.05) is 17.7 Å². The van der Waals surface area contributed by atoms with Crippen LogP contribution in [0.1, 0.15) is 68.7 Å². The van der Waals surface area contributed by atoms with Gasteiger partial charge in [-0.25, -0.2) is 4.98 Å². The number of hydrogen-bond donors (Lipinski definition) is 2. The Balaban J connectivity index is 1.14. The van der Waals surface area contributed by atoms with Crippen LogP contribution in [0.15, 0.2) is 104 Å². The molecule has 0 radical (unpaired) electrons. The summed E-state index contributed by atoms with van der Waals surface area (Å²) < 4.78 is 11.7. The Morgan fingerprint density at radius 2 is 1.53 bits per heavy atom. The predicted molar refractivity (Wildman–Crippen MR) is 198 cm³/mol. The van der Waals surface area contributed by atoms with Crippen molar-refractivity contribution in [3.63, 3.8) is 0 Å². The Morgan fingerprint density at radius 3 is 2.16 bits per heavy atom. The number of fused-ring (bicyclic) bond motifs is 2. The van der Waals surface area contributed by atoms with E-state index in [1.807, 2.05) is 6.33 Å². The van der Waals surface area contributed by atoms with E-state index in [4.69, 9.17) is 20.2 Å². The van der Waals surface area contributed by atoms with E-state index < -0.39 is 8.32 Å². The highest BCUT2D eigenvalue weighted by Gasteiger charge is 2.51. The lowest BCUT2D eigenvalue weighted by molar-refractivity contribution is 0.262. The van der Waals surface area contributed by atoms with Crippen molar-refractivity contribution in [3.8, 4) is 0 Å². The van der Waals surface area contributed by atoms with Crippen LogP contribution in [-0.2, 0) is 17.5 Å². The maximum absolute atomic E-state index is 7.49. The molecule has 9 nitrogen and oxygen atoms in total. The summed E-state index contributed by atoms with van der Waals surface area (Å²) in [5, 5.41) is 11.2. The third-order valence-electron chi connectivity index (χ3n) is 10.1. The van der Waals surface area contributed by atoms with Crippen LogP contribution in [0.3, 0.4) is 0 Å². The van der Waals surface area contributed by atoms with Crippen LogP contribution in [0.2, 0.25) is 5.04 Å². The van der Waals surface area contributed by atoms with Gasteiger partial charge in [0.15, 0.2) is 17.0 Å². The third kappa shape index (κ3) is 6.04. The zero-order chi connectivity index (χ0) is 33.6. The lowest BCUT2D eigenvalue weighted by Gasteiger charge is -2.43. The first-order valence-corrected chi connectivity index (χ1v) is 19.3. The van der Waals surface area contributed by atoms with Crippen molar-refractivity contribution in [1.29, 1.82) is 0 Å². The van der Waals surface area contributed by atoms with Gasteiger partial charge in [0.1, 0.15) is 0 Å². The standard InChI is InChI=1S/C39H44N8OSi/c1-39(2,3)49(31-15-9-5-10-16-31,32-17-11-6-12-18-32)48-25-29-21-28(33-24-47(45-34(29)33)22-27-13-7-4-8-14-27)23-46-26-41-35-36(42-30-19-20-30)43-38(40)44-37(35)46/h4-18,24,26,28-30H,19-23,25H2,1-3H3,(H3,40,42,43,44)/t28-,29+/m0/s1. The van der Waals surface area contributed by atoms with Gasteiger partial charge in [-0.05, 0) is 45.8 Å². The number of nitrogen functional groups attached to an aromatic ring is 1. The van der Waals surface area contributed by atoms with Crippen LogP contribution in [0.5, 0.6) is 0 Å². The van der Waals surface area contributed by atoms with Crippen LogP contribution in [0.25, 0.3) is 11.2 Å². The molecule has 3 N–H and O–H groups in total. The highest BCUT2D eigenvalue weighted by Crippen LogP contribution is 2.45.